The van der Waals surface area contributed by atoms with Gasteiger partial charge < -0.3 is 0 Å². The number of halogens is 2. The number of sulfonamides is 1. The van der Waals surface area contributed by atoms with Gasteiger partial charge in [-0.15, -0.1) is 0 Å². The Kier molecular flexibility index (Phi) is 5.37. The number of alkyl halides is 1. The van der Waals surface area contributed by atoms with Gasteiger partial charge in [0, 0.05) is 11.9 Å². The van der Waals surface area contributed by atoms with Gasteiger partial charge in [0.1, 0.15) is 5.82 Å². The van der Waals surface area contributed by atoms with E-state index in [4.69, 9.17) is 0 Å². The predicted octanol–water partition coefficient (Wildman–Crippen LogP) is 2.28. The fraction of sp³-hybridized carbons (Fsp3) is 0.400. The van der Waals surface area contributed by atoms with Gasteiger partial charge in [0.2, 0.25) is 10.0 Å². The second-order valence-corrected chi connectivity index (χ2v) is 5.81. The molecule has 0 unspecified atom stereocenters. The van der Waals surface area contributed by atoms with Gasteiger partial charge >= 0.3 is 0 Å². The van der Waals surface area contributed by atoms with Crippen molar-refractivity contribution in [3.63, 3.8) is 0 Å². The lowest BCUT2D eigenvalue weighted by Crippen LogP contribution is -2.24. The number of nitrogens with one attached hydrogen (secondary N) is 1. The molecule has 1 N–H and O–H groups in total. The van der Waals surface area contributed by atoms with Crippen LogP contribution < -0.4 is 4.72 Å². The first-order valence-corrected chi connectivity index (χ1v) is 7.48. The Balaban J connectivity index is 2.60. The zero-order valence-corrected chi connectivity index (χ0v) is 11.0. The van der Waals surface area contributed by atoms with Crippen molar-refractivity contribution in [2.75, 3.05) is 11.9 Å². The minimum absolute atomic E-state index is 0.0905. The molecule has 16 heavy (non-hydrogen) atoms. The van der Waals surface area contributed by atoms with E-state index in [1.54, 1.807) is 0 Å². The Labute approximate surface area is 103 Å². The van der Waals surface area contributed by atoms with Crippen LogP contribution in [0.15, 0.2) is 29.2 Å². The summed E-state index contributed by atoms with van der Waals surface area (Å²) in [6.45, 7) is 0.394. The Morgan fingerprint density at radius 2 is 1.81 bits per heavy atom. The van der Waals surface area contributed by atoms with Crippen LogP contribution in [0.3, 0.4) is 0 Å². The van der Waals surface area contributed by atoms with Crippen LogP contribution in [0.25, 0.3) is 0 Å². The summed E-state index contributed by atoms with van der Waals surface area (Å²) in [4.78, 5) is 0.0905. The summed E-state index contributed by atoms with van der Waals surface area (Å²) in [6.07, 6.45) is 1.68. The van der Waals surface area contributed by atoms with E-state index in [1.807, 2.05) is 0 Å². The van der Waals surface area contributed by atoms with Crippen LogP contribution in [0.4, 0.5) is 4.39 Å². The summed E-state index contributed by atoms with van der Waals surface area (Å²) in [5.41, 5.74) is 0. The average Bonchev–Trinajstić information content (AvgIpc) is 2.25. The molecule has 6 heteroatoms. The summed E-state index contributed by atoms with van der Waals surface area (Å²) in [5.74, 6) is -0.446. The van der Waals surface area contributed by atoms with E-state index in [2.05, 4.69) is 20.7 Å². The Morgan fingerprint density at radius 1 is 1.19 bits per heavy atom. The summed E-state index contributed by atoms with van der Waals surface area (Å²) in [7, 11) is -3.49. The first-order chi connectivity index (χ1) is 7.56. The Bertz CT molecular complexity index is 419. The summed E-state index contributed by atoms with van der Waals surface area (Å²) < 4.78 is 38.4. The standard InChI is InChI=1S/C10H13BrFNO2S/c11-7-1-2-8-13-16(14,15)10-5-3-9(12)4-6-10/h3-6,13H,1-2,7-8H2. The molecule has 0 fully saturated rings. The van der Waals surface area contributed by atoms with E-state index < -0.39 is 15.8 Å². The van der Waals surface area contributed by atoms with E-state index in [9.17, 15) is 12.8 Å². The van der Waals surface area contributed by atoms with Gasteiger partial charge in [-0.3, -0.25) is 0 Å². The molecule has 0 aliphatic carbocycles. The van der Waals surface area contributed by atoms with Crippen molar-refractivity contribution < 1.29 is 12.8 Å². The molecule has 0 aromatic heterocycles. The zero-order chi connectivity index (χ0) is 12.0. The molecule has 1 rings (SSSR count). The smallest absolute Gasteiger partial charge is 0.211 e. The molecule has 0 spiro atoms. The molecule has 3 nitrogen and oxygen atoms in total. The first kappa shape index (κ1) is 13.6. The van der Waals surface area contributed by atoms with Gasteiger partial charge in [-0.2, -0.15) is 0 Å². The number of rotatable bonds is 6. The first-order valence-electron chi connectivity index (χ1n) is 4.87. The highest BCUT2D eigenvalue weighted by Crippen LogP contribution is 2.09. The van der Waals surface area contributed by atoms with Crippen LogP contribution in [-0.4, -0.2) is 20.3 Å². The van der Waals surface area contributed by atoms with Gasteiger partial charge in [0.05, 0.1) is 4.90 Å². The molecular weight excluding hydrogens is 297 g/mol. The minimum Gasteiger partial charge on any atom is -0.211 e. The van der Waals surface area contributed by atoms with Crippen molar-refractivity contribution in [3.05, 3.63) is 30.1 Å². The number of hydrogen-bond acceptors (Lipinski definition) is 2. The van der Waals surface area contributed by atoms with E-state index in [0.29, 0.717) is 6.54 Å². The lowest BCUT2D eigenvalue weighted by molar-refractivity contribution is 0.578. The van der Waals surface area contributed by atoms with Gasteiger partial charge in [0.25, 0.3) is 0 Å². The molecule has 0 saturated carbocycles. The number of unbranched alkanes of at least 4 members (excludes halogenated alkanes) is 1. The Hall–Kier alpha value is -0.460. The van der Waals surface area contributed by atoms with E-state index in [-0.39, 0.29) is 4.90 Å². The minimum atomic E-state index is -3.49. The molecule has 0 amide bonds. The lowest BCUT2D eigenvalue weighted by atomic mass is 10.3. The van der Waals surface area contributed by atoms with E-state index >= 15 is 0 Å². The third-order valence-electron chi connectivity index (χ3n) is 1.98. The molecular formula is C10H13BrFNO2S. The summed E-state index contributed by atoms with van der Waals surface area (Å²) in [6, 6.07) is 4.77. The largest absolute Gasteiger partial charge is 0.240 e. The normalized spacial score (nSPS) is 11.6. The third-order valence-corrected chi connectivity index (χ3v) is 4.01. The molecule has 0 atom stereocenters. The van der Waals surface area contributed by atoms with Crippen molar-refractivity contribution in [2.24, 2.45) is 0 Å². The van der Waals surface area contributed by atoms with Crippen molar-refractivity contribution in [1.29, 1.82) is 0 Å². The summed E-state index contributed by atoms with van der Waals surface area (Å²) >= 11 is 3.26. The van der Waals surface area contributed by atoms with Crippen LogP contribution in [0.2, 0.25) is 0 Å². The Morgan fingerprint density at radius 3 is 2.38 bits per heavy atom. The molecule has 0 bridgehead atoms. The van der Waals surface area contributed by atoms with Crippen LogP contribution in [0, 0.1) is 5.82 Å². The predicted molar refractivity (Wildman–Crippen MR) is 64.6 cm³/mol. The highest BCUT2D eigenvalue weighted by Gasteiger charge is 2.12. The maximum absolute atomic E-state index is 12.6. The van der Waals surface area contributed by atoms with Gasteiger partial charge in [-0.05, 0) is 37.1 Å². The molecule has 90 valence electrons. The van der Waals surface area contributed by atoms with Gasteiger partial charge in [0.15, 0.2) is 0 Å². The monoisotopic (exact) mass is 309 g/mol. The fourth-order valence-corrected chi connectivity index (χ4v) is 2.59. The third kappa shape index (κ3) is 4.19. The highest BCUT2D eigenvalue weighted by molar-refractivity contribution is 9.09. The molecule has 1 aromatic carbocycles. The van der Waals surface area contributed by atoms with E-state index in [1.165, 1.54) is 12.1 Å². The van der Waals surface area contributed by atoms with Crippen LogP contribution in [-0.2, 0) is 10.0 Å². The van der Waals surface area contributed by atoms with Crippen molar-refractivity contribution in [2.45, 2.75) is 17.7 Å². The van der Waals surface area contributed by atoms with Crippen LogP contribution >= 0.6 is 15.9 Å². The van der Waals surface area contributed by atoms with Crippen LogP contribution in [0.1, 0.15) is 12.8 Å². The van der Waals surface area contributed by atoms with Crippen molar-refractivity contribution in [1.82, 2.24) is 4.72 Å². The average molecular weight is 310 g/mol. The van der Waals surface area contributed by atoms with E-state index in [0.717, 1.165) is 30.3 Å². The highest BCUT2D eigenvalue weighted by atomic mass is 79.9. The maximum atomic E-state index is 12.6. The van der Waals surface area contributed by atoms with Crippen LogP contribution in [0.5, 0.6) is 0 Å². The molecule has 0 aliphatic heterocycles. The fourth-order valence-electron chi connectivity index (χ4n) is 1.12. The number of benzene rings is 1. The van der Waals surface area contributed by atoms with Crippen molar-refractivity contribution >= 4 is 26.0 Å². The topological polar surface area (TPSA) is 46.2 Å². The molecule has 0 saturated heterocycles. The molecule has 0 radical (unpaired) electrons. The quantitative estimate of drug-likeness (QED) is 0.647. The summed E-state index contributed by atoms with van der Waals surface area (Å²) in [5, 5.41) is 0.852. The zero-order valence-electron chi connectivity index (χ0n) is 8.62. The second kappa shape index (κ2) is 6.32. The molecule has 0 heterocycles. The SMILES string of the molecule is O=S(=O)(NCCCCBr)c1ccc(F)cc1. The van der Waals surface area contributed by atoms with Crippen molar-refractivity contribution in [3.8, 4) is 0 Å². The number of hydrogen-bond donors (Lipinski definition) is 1. The maximum Gasteiger partial charge on any atom is 0.240 e. The van der Waals surface area contributed by atoms with Gasteiger partial charge in [-0.1, -0.05) is 15.9 Å². The second-order valence-electron chi connectivity index (χ2n) is 3.25. The molecule has 1 aromatic rings. The van der Waals surface area contributed by atoms with Gasteiger partial charge in [-0.25, -0.2) is 17.5 Å². The lowest BCUT2D eigenvalue weighted by Gasteiger charge is -2.05. The molecule has 0 aliphatic rings.